The molecule has 3 aliphatic rings. The average molecular weight is 343 g/mol. The van der Waals surface area contributed by atoms with E-state index in [2.05, 4.69) is 5.32 Å². The summed E-state index contributed by atoms with van der Waals surface area (Å²) in [4.78, 5) is 14.9. The van der Waals surface area contributed by atoms with Gasteiger partial charge in [-0.3, -0.25) is 4.79 Å². The molecule has 0 aromatic heterocycles. The number of nitrogens with zero attached hydrogens (tertiary/aromatic N) is 1. The van der Waals surface area contributed by atoms with E-state index in [1.807, 2.05) is 18.7 Å². The number of hydrogen-bond donors (Lipinski definition) is 1. The van der Waals surface area contributed by atoms with Crippen LogP contribution in [-0.2, 0) is 14.6 Å². The van der Waals surface area contributed by atoms with Crippen LogP contribution in [0.2, 0.25) is 0 Å². The van der Waals surface area contributed by atoms with Gasteiger partial charge in [-0.15, -0.1) is 0 Å². The van der Waals surface area contributed by atoms with E-state index in [0.29, 0.717) is 11.8 Å². The van der Waals surface area contributed by atoms with Crippen LogP contribution in [0.25, 0.3) is 0 Å². The van der Waals surface area contributed by atoms with Gasteiger partial charge in [0, 0.05) is 26.2 Å². The first kappa shape index (κ1) is 17.2. The summed E-state index contributed by atoms with van der Waals surface area (Å²) in [6.07, 6.45) is 4.53. The highest BCUT2D eigenvalue weighted by atomic mass is 32.2. The maximum atomic E-state index is 13.1. The Balaban J connectivity index is 1.76. The molecular weight excluding hydrogens is 312 g/mol. The maximum absolute atomic E-state index is 13.1. The molecule has 0 spiro atoms. The Morgan fingerprint density at radius 2 is 1.61 bits per heavy atom. The van der Waals surface area contributed by atoms with Crippen LogP contribution in [-0.4, -0.2) is 55.9 Å². The van der Waals surface area contributed by atoms with Crippen molar-refractivity contribution in [3.63, 3.8) is 0 Å². The van der Waals surface area contributed by atoms with Crippen LogP contribution in [0, 0.1) is 17.8 Å². The van der Waals surface area contributed by atoms with Gasteiger partial charge >= 0.3 is 0 Å². The van der Waals surface area contributed by atoms with Crippen molar-refractivity contribution in [2.75, 3.05) is 26.2 Å². The van der Waals surface area contributed by atoms with Crippen molar-refractivity contribution in [3.8, 4) is 0 Å². The topological polar surface area (TPSA) is 66.5 Å². The van der Waals surface area contributed by atoms with Crippen LogP contribution in [0.4, 0.5) is 0 Å². The van der Waals surface area contributed by atoms with Crippen molar-refractivity contribution in [3.05, 3.63) is 0 Å². The molecule has 1 N–H and O–H groups in total. The van der Waals surface area contributed by atoms with E-state index in [1.165, 1.54) is 0 Å². The van der Waals surface area contributed by atoms with Gasteiger partial charge in [0.05, 0.1) is 5.25 Å². The van der Waals surface area contributed by atoms with Gasteiger partial charge in [0.15, 0.2) is 9.84 Å². The highest BCUT2D eigenvalue weighted by Gasteiger charge is 2.46. The van der Waals surface area contributed by atoms with Crippen molar-refractivity contribution < 1.29 is 13.2 Å². The summed E-state index contributed by atoms with van der Waals surface area (Å²) in [5, 5.41) is 2.20. The zero-order valence-corrected chi connectivity index (χ0v) is 15.1. The largest absolute Gasteiger partial charge is 0.341 e. The smallest absolute Gasteiger partial charge is 0.241 e. The highest BCUT2D eigenvalue weighted by Crippen LogP contribution is 2.32. The zero-order chi connectivity index (χ0) is 16.6. The molecule has 1 unspecified atom stereocenters. The molecule has 1 amide bonds. The van der Waals surface area contributed by atoms with E-state index in [1.54, 1.807) is 0 Å². The third-order valence-electron chi connectivity index (χ3n) is 5.92. The number of nitrogens with one attached hydrogen (secondary N) is 1. The molecule has 2 heterocycles. The summed E-state index contributed by atoms with van der Waals surface area (Å²) in [5.74, 6) is 0.709. The lowest BCUT2D eigenvalue weighted by atomic mass is 10.0. The van der Waals surface area contributed by atoms with E-state index in [0.717, 1.165) is 58.3 Å². The van der Waals surface area contributed by atoms with Crippen LogP contribution < -0.4 is 5.32 Å². The quantitative estimate of drug-likeness (QED) is 0.839. The summed E-state index contributed by atoms with van der Waals surface area (Å²) < 4.78 is 26.2. The second-order valence-electron chi connectivity index (χ2n) is 7.94. The van der Waals surface area contributed by atoms with Gasteiger partial charge in [-0.1, -0.05) is 33.1 Å². The number of carbonyl (C=O) groups is 1. The third-order valence-corrected chi connectivity index (χ3v) is 8.78. The molecule has 5 nitrogen and oxygen atoms in total. The minimum Gasteiger partial charge on any atom is -0.341 e. The Hall–Kier alpha value is -0.620. The first-order chi connectivity index (χ1) is 10.9. The SMILES string of the molecule is CC(C)C(C(=O)N1C[C@H]2CNC[C@H]2C1)S(=O)(=O)C1CCCCC1. The number of rotatable bonds is 4. The van der Waals surface area contributed by atoms with Crippen LogP contribution in [0.15, 0.2) is 0 Å². The molecule has 0 aromatic rings. The monoisotopic (exact) mass is 342 g/mol. The third kappa shape index (κ3) is 3.29. The van der Waals surface area contributed by atoms with Gasteiger partial charge in [0.1, 0.15) is 5.25 Å². The predicted octanol–water partition coefficient (Wildman–Crippen LogP) is 1.44. The summed E-state index contributed by atoms with van der Waals surface area (Å²) in [7, 11) is -3.39. The average Bonchev–Trinajstić information content (AvgIpc) is 3.08. The first-order valence-electron chi connectivity index (χ1n) is 9.13. The van der Waals surface area contributed by atoms with Crippen molar-refractivity contribution >= 4 is 15.7 Å². The zero-order valence-electron chi connectivity index (χ0n) is 14.3. The summed E-state index contributed by atoms with van der Waals surface area (Å²) >= 11 is 0. The molecule has 6 heteroatoms. The fourth-order valence-electron chi connectivity index (χ4n) is 4.62. The second kappa shape index (κ2) is 6.71. The predicted molar refractivity (Wildman–Crippen MR) is 90.8 cm³/mol. The molecule has 132 valence electrons. The number of amides is 1. The minimum absolute atomic E-state index is 0.139. The van der Waals surface area contributed by atoms with Crippen molar-refractivity contribution in [2.24, 2.45) is 17.8 Å². The number of hydrogen-bond acceptors (Lipinski definition) is 4. The fraction of sp³-hybridized carbons (Fsp3) is 0.941. The minimum atomic E-state index is -3.39. The van der Waals surface area contributed by atoms with Gasteiger partial charge in [-0.2, -0.15) is 0 Å². The summed E-state index contributed by atoms with van der Waals surface area (Å²) in [5.41, 5.74) is 0. The van der Waals surface area contributed by atoms with E-state index in [9.17, 15) is 13.2 Å². The molecule has 2 aliphatic heterocycles. The lowest BCUT2D eigenvalue weighted by molar-refractivity contribution is -0.130. The normalized spacial score (nSPS) is 30.7. The molecule has 1 aliphatic carbocycles. The molecule has 0 aromatic carbocycles. The lowest BCUT2D eigenvalue weighted by Gasteiger charge is -2.31. The molecule has 0 bridgehead atoms. The highest BCUT2D eigenvalue weighted by molar-refractivity contribution is 7.93. The summed E-state index contributed by atoms with van der Waals surface area (Å²) in [6.45, 7) is 7.11. The van der Waals surface area contributed by atoms with Crippen LogP contribution in [0.1, 0.15) is 46.0 Å². The summed E-state index contributed by atoms with van der Waals surface area (Å²) in [6, 6.07) is 0. The molecule has 2 saturated heterocycles. The van der Waals surface area contributed by atoms with Crippen LogP contribution in [0.5, 0.6) is 0 Å². The van der Waals surface area contributed by atoms with E-state index in [4.69, 9.17) is 0 Å². The maximum Gasteiger partial charge on any atom is 0.241 e. The molecular formula is C17H30N2O3S. The Morgan fingerprint density at radius 1 is 1.04 bits per heavy atom. The Bertz CT molecular complexity index is 528. The van der Waals surface area contributed by atoms with E-state index >= 15 is 0 Å². The van der Waals surface area contributed by atoms with Crippen molar-refractivity contribution in [1.82, 2.24) is 10.2 Å². The number of likely N-dealkylation sites (tertiary alicyclic amines) is 1. The lowest BCUT2D eigenvalue weighted by Crippen LogP contribution is -2.48. The van der Waals surface area contributed by atoms with Gasteiger partial charge < -0.3 is 10.2 Å². The molecule has 1 saturated carbocycles. The number of sulfone groups is 1. The van der Waals surface area contributed by atoms with Crippen LogP contribution >= 0.6 is 0 Å². The Kier molecular flexibility index (Phi) is 5.02. The molecule has 3 atom stereocenters. The molecule has 3 fully saturated rings. The molecule has 3 rings (SSSR count). The second-order valence-corrected chi connectivity index (χ2v) is 10.3. The van der Waals surface area contributed by atoms with Crippen molar-refractivity contribution in [1.29, 1.82) is 0 Å². The Morgan fingerprint density at radius 3 is 2.13 bits per heavy atom. The Labute approximate surface area is 140 Å². The number of fused-ring (bicyclic) bond motifs is 1. The van der Waals surface area contributed by atoms with E-state index in [-0.39, 0.29) is 17.1 Å². The fourth-order valence-corrected chi connectivity index (χ4v) is 7.22. The van der Waals surface area contributed by atoms with Gasteiger partial charge in [-0.05, 0) is 30.6 Å². The molecule has 23 heavy (non-hydrogen) atoms. The van der Waals surface area contributed by atoms with Gasteiger partial charge in [0.2, 0.25) is 5.91 Å². The first-order valence-corrected chi connectivity index (χ1v) is 10.7. The number of carbonyl (C=O) groups excluding carboxylic acids is 1. The molecule has 0 radical (unpaired) electrons. The standard InChI is InChI=1S/C17H30N2O3S/c1-12(2)16(23(21,22)15-6-4-3-5-7-15)17(20)19-10-13-8-18-9-14(13)11-19/h12-16,18H,3-11H2,1-2H3/t13-,14+,16?. The van der Waals surface area contributed by atoms with Gasteiger partial charge in [-0.25, -0.2) is 8.42 Å². The van der Waals surface area contributed by atoms with Crippen molar-refractivity contribution in [2.45, 2.75) is 56.5 Å². The van der Waals surface area contributed by atoms with E-state index < -0.39 is 15.1 Å². The van der Waals surface area contributed by atoms with Crippen LogP contribution in [0.3, 0.4) is 0 Å². The van der Waals surface area contributed by atoms with Gasteiger partial charge in [0.25, 0.3) is 0 Å².